The average molecular weight is 361 g/mol. The highest BCUT2D eigenvalue weighted by molar-refractivity contribution is 5.89. The van der Waals surface area contributed by atoms with Gasteiger partial charge in [-0.1, -0.05) is 48.5 Å². The molecule has 0 radical (unpaired) electrons. The number of carbonyl (C=O) groups is 1. The zero-order chi connectivity index (χ0) is 18.2. The molecule has 1 aliphatic heterocycles. The van der Waals surface area contributed by atoms with E-state index in [1.165, 1.54) is 31.5 Å². The predicted molar refractivity (Wildman–Crippen MR) is 105 cm³/mol. The molecule has 2 aliphatic carbocycles. The Balaban J connectivity index is 1.20. The Labute approximate surface area is 161 Å². The van der Waals surface area contributed by atoms with Gasteiger partial charge in [-0.3, -0.25) is 0 Å². The summed E-state index contributed by atoms with van der Waals surface area (Å²) in [6.45, 7) is 3.50. The summed E-state index contributed by atoms with van der Waals surface area (Å²) in [5.74, 6) is 2.42. The topological polar surface area (TPSA) is 29.5 Å². The molecule has 3 heteroatoms. The SMILES string of the molecule is O=C(OC1[C@H]2CC[C@@H]1[C@H]1CN(CCc3ccccc3)C[C@H]12)c1ccccc1. The van der Waals surface area contributed by atoms with Crippen molar-refractivity contribution in [2.45, 2.75) is 25.4 Å². The first kappa shape index (κ1) is 17.0. The zero-order valence-corrected chi connectivity index (χ0v) is 15.7. The minimum atomic E-state index is -0.140. The quantitative estimate of drug-likeness (QED) is 0.753. The van der Waals surface area contributed by atoms with Crippen molar-refractivity contribution in [3.05, 3.63) is 71.8 Å². The lowest BCUT2D eigenvalue weighted by molar-refractivity contribution is 0.0135. The van der Waals surface area contributed by atoms with Crippen molar-refractivity contribution < 1.29 is 9.53 Å². The van der Waals surface area contributed by atoms with Crippen molar-refractivity contribution in [1.82, 2.24) is 4.90 Å². The number of rotatable bonds is 5. The van der Waals surface area contributed by atoms with Gasteiger partial charge in [-0.25, -0.2) is 4.79 Å². The molecule has 3 fully saturated rings. The second-order valence-electron chi connectivity index (χ2n) is 8.46. The van der Waals surface area contributed by atoms with Gasteiger partial charge in [0.2, 0.25) is 0 Å². The third-order valence-corrected chi connectivity index (χ3v) is 7.08. The molecule has 0 aromatic heterocycles. The molecule has 3 aliphatic rings. The van der Waals surface area contributed by atoms with Crippen LogP contribution in [0, 0.1) is 23.7 Å². The fraction of sp³-hybridized carbons (Fsp3) is 0.458. The summed E-state index contributed by atoms with van der Waals surface area (Å²) in [6.07, 6.45) is 3.72. The highest BCUT2D eigenvalue weighted by Crippen LogP contribution is 2.56. The van der Waals surface area contributed by atoms with Crippen LogP contribution in [-0.4, -0.2) is 36.6 Å². The van der Waals surface area contributed by atoms with E-state index in [9.17, 15) is 4.79 Å². The maximum absolute atomic E-state index is 12.5. The number of nitrogens with zero attached hydrogens (tertiary/aromatic N) is 1. The van der Waals surface area contributed by atoms with Crippen molar-refractivity contribution in [2.75, 3.05) is 19.6 Å². The summed E-state index contributed by atoms with van der Waals surface area (Å²) < 4.78 is 6.03. The molecule has 2 aromatic carbocycles. The number of hydrogen-bond donors (Lipinski definition) is 0. The van der Waals surface area contributed by atoms with Crippen molar-refractivity contribution in [3.8, 4) is 0 Å². The molecule has 0 amide bonds. The van der Waals surface area contributed by atoms with E-state index in [4.69, 9.17) is 4.74 Å². The summed E-state index contributed by atoms with van der Waals surface area (Å²) in [6, 6.07) is 20.2. The molecule has 5 rings (SSSR count). The maximum Gasteiger partial charge on any atom is 0.338 e. The zero-order valence-electron chi connectivity index (χ0n) is 15.7. The number of likely N-dealkylation sites (tertiary alicyclic amines) is 1. The van der Waals surface area contributed by atoms with Crippen molar-refractivity contribution >= 4 is 5.97 Å². The van der Waals surface area contributed by atoms with Crippen LogP contribution in [0.15, 0.2) is 60.7 Å². The summed E-state index contributed by atoms with van der Waals surface area (Å²) >= 11 is 0. The smallest absolute Gasteiger partial charge is 0.338 e. The van der Waals surface area contributed by atoms with Gasteiger partial charge in [0.25, 0.3) is 0 Å². The molecule has 0 spiro atoms. The van der Waals surface area contributed by atoms with Gasteiger partial charge in [0.05, 0.1) is 5.56 Å². The van der Waals surface area contributed by atoms with Crippen LogP contribution < -0.4 is 0 Å². The third kappa shape index (κ3) is 3.19. The second-order valence-corrected chi connectivity index (χ2v) is 8.46. The summed E-state index contributed by atoms with van der Waals surface area (Å²) in [5.41, 5.74) is 2.10. The number of benzene rings is 2. The molecular formula is C24H27NO2. The Morgan fingerprint density at radius 1 is 0.852 bits per heavy atom. The van der Waals surface area contributed by atoms with E-state index < -0.39 is 0 Å². The van der Waals surface area contributed by atoms with Crippen molar-refractivity contribution in [2.24, 2.45) is 23.7 Å². The lowest BCUT2D eigenvalue weighted by atomic mass is 9.82. The molecule has 1 saturated heterocycles. The molecule has 0 N–H and O–H groups in total. The Morgan fingerprint density at radius 3 is 2.07 bits per heavy atom. The van der Waals surface area contributed by atoms with Crippen LogP contribution in [0.25, 0.3) is 0 Å². The molecule has 27 heavy (non-hydrogen) atoms. The van der Waals surface area contributed by atoms with Crippen LogP contribution in [0.4, 0.5) is 0 Å². The molecule has 140 valence electrons. The predicted octanol–water partition coefficient (Wildman–Crippen LogP) is 4.04. The van der Waals surface area contributed by atoms with Crippen LogP contribution in [0.3, 0.4) is 0 Å². The van der Waals surface area contributed by atoms with Gasteiger partial charge >= 0.3 is 5.97 Å². The molecule has 3 nitrogen and oxygen atoms in total. The van der Waals surface area contributed by atoms with Gasteiger partial charge in [0.15, 0.2) is 0 Å². The highest BCUT2D eigenvalue weighted by Gasteiger charge is 2.58. The van der Waals surface area contributed by atoms with Gasteiger partial charge in [0, 0.05) is 31.5 Å². The Hall–Kier alpha value is -2.13. The maximum atomic E-state index is 12.5. The van der Waals surface area contributed by atoms with Gasteiger partial charge < -0.3 is 9.64 Å². The van der Waals surface area contributed by atoms with E-state index in [1.54, 1.807) is 0 Å². The normalized spacial score (nSPS) is 31.8. The van der Waals surface area contributed by atoms with E-state index in [0.29, 0.717) is 29.2 Å². The first-order valence-electron chi connectivity index (χ1n) is 10.3. The van der Waals surface area contributed by atoms with Crippen LogP contribution in [0.1, 0.15) is 28.8 Å². The molecular weight excluding hydrogens is 334 g/mol. The molecule has 5 atom stereocenters. The van der Waals surface area contributed by atoms with Crippen LogP contribution in [0.2, 0.25) is 0 Å². The monoisotopic (exact) mass is 361 g/mol. The number of esters is 1. The van der Waals surface area contributed by atoms with E-state index in [0.717, 1.165) is 13.0 Å². The minimum absolute atomic E-state index is 0.140. The average Bonchev–Trinajstić information content (AvgIpc) is 3.38. The lowest BCUT2D eigenvalue weighted by Crippen LogP contribution is -2.31. The molecule has 1 heterocycles. The van der Waals surface area contributed by atoms with Crippen LogP contribution in [0.5, 0.6) is 0 Å². The van der Waals surface area contributed by atoms with Gasteiger partial charge in [-0.05, 0) is 48.8 Å². The first-order chi connectivity index (χ1) is 13.3. The fourth-order valence-corrected chi connectivity index (χ4v) is 5.85. The van der Waals surface area contributed by atoms with E-state index in [-0.39, 0.29) is 12.1 Å². The second kappa shape index (κ2) is 7.12. The Morgan fingerprint density at radius 2 is 1.44 bits per heavy atom. The molecule has 2 aromatic rings. The third-order valence-electron chi connectivity index (χ3n) is 7.08. The van der Waals surface area contributed by atoms with Crippen LogP contribution >= 0.6 is 0 Å². The van der Waals surface area contributed by atoms with E-state index in [2.05, 4.69) is 35.2 Å². The van der Waals surface area contributed by atoms with Crippen LogP contribution in [-0.2, 0) is 11.2 Å². The standard InChI is InChI=1S/C24H27NO2/c26-24(18-9-5-2-6-10-18)27-23-19-11-12-20(23)22-16-25(15-21(19)22)14-13-17-7-3-1-4-8-17/h1-10,19-23H,11-16H2/t19-,20+,21-,22+,23?. The first-order valence-corrected chi connectivity index (χ1v) is 10.3. The van der Waals surface area contributed by atoms with Gasteiger partial charge in [0.1, 0.15) is 6.10 Å². The van der Waals surface area contributed by atoms with E-state index >= 15 is 0 Å². The number of carbonyl (C=O) groups excluding carboxylic acids is 1. The van der Waals surface area contributed by atoms with Crippen molar-refractivity contribution in [1.29, 1.82) is 0 Å². The fourth-order valence-electron chi connectivity index (χ4n) is 5.85. The Bertz CT molecular complexity index is 771. The minimum Gasteiger partial charge on any atom is -0.458 e. The molecule has 1 unspecified atom stereocenters. The molecule has 2 saturated carbocycles. The van der Waals surface area contributed by atoms with Gasteiger partial charge in [-0.2, -0.15) is 0 Å². The van der Waals surface area contributed by atoms with Gasteiger partial charge in [-0.15, -0.1) is 0 Å². The largest absolute Gasteiger partial charge is 0.458 e. The number of ether oxygens (including phenoxy) is 1. The Kier molecular flexibility index (Phi) is 4.48. The summed E-state index contributed by atoms with van der Waals surface area (Å²) in [4.78, 5) is 15.2. The van der Waals surface area contributed by atoms with Crippen molar-refractivity contribution in [3.63, 3.8) is 0 Å². The number of fused-ring (bicyclic) bond motifs is 5. The van der Waals surface area contributed by atoms with E-state index in [1.807, 2.05) is 30.3 Å². The molecule has 2 bridgehead atoms. The summed E-state index contributed by atoms with van der Waals surface area (Å²) in [7, 11) is 0. The summed E-state index contributed by atoms with van der Waals surface area (Å²) in [5, 5.41) is 0. The highest BCUT2D eigenvalue weighted by atomic mass is 16.5. The number of hydrogen-bond acceptors (Lipinski definition) is 3. The lowest BCUT2D eigenvalue weighted by Gasteiger charge is -2.23.